The van der Waals surface area contributed by atoms with E-state index in [2.05, 4.69) is 21.1 Å². The number of nitrogens with zero attached hydrogens (tertiary/aromatic N) is 2. The van der Waals surface area contributed by atoms with Crippen molar-refractivity contribution in [3.8, 4) is 0 Å². The highest BCUT2D eigenvalue weighted by atomic mass is 79.9. The predicted molar refractivity (Wildman–Crippen MR) is 76.2 cm³/mol. The highest BCUT2D eigenvalue weighted by molar-refractivity contribution is 9.10. The Balaban J connectivity index is 3.00. The lowest BCUT2D eigenvalue weighted by atomic mass is 10.1. The van der Waals surface area contributed by atoms with Crippen LogP contribution in [0.2, 0.25) is 0 Å². The molecule has 0 amide bonds. The number of benzene rings is 1. The van der Waals surface area contributed by atoms with Crippen molar-refractivity contribution in [3.63, 3.8) is 0 Å². The molecule has 1 atom stereocenters. The van der Waals surface area contributed by atoms with Gasteiger partial charge in [0.05, 0.1) is 6.10 Å². The van der Waals surface area contributed by atoms with E-state index in [1.165, 1.54) is 0 Å². The maximum absolute atomic E-state index is 9.29. The van der Waals surface area contributed by atoms with Crippen molar-refractivity contribution in [2.24, 2.45) is 10.9 Å². The van der Waals surface area contributed by atoms with Crippen molar-refractivity contribution in [1.82, 2.24) is 0 Å². The molecule has 1 rings (SSSR count). The zero-order valence-corrected chi connectivity index (χ0v) is 12.1. The lowest BCUT2D eigenvalue weighted by Gasteiger charge is -2.23. The fraction of sp³-hybridized carbons (Fsp3) is 0.417. The minimum Gasteiger partial charge on any atom is -0.409 e. The molecule has 18 heavy (non-hydrogen) atoms. The second-order valence-electron chi connectivity index (χ2n) is 4.21. The first-order valence-electron chi connectivity index (χ1n) is 5.62. The Hall–Kier alpha value is -1.27. The highest BCUT2D eigenvalue weighted by Crippen LogP contribution is 2.24. The van der Waals surface area contributed by atoms with Crippen LogP contribution in [-0.2, 0) is 0 Å². The van der Waals surface area contributed by atoms with E-state index in [1.807, 2.05) is 24.1 Å². The predicted octanol–water partition coefficient (Wildman–Crippen LogP) is 1.75. The van der Waals surface area contributed by atoms with E-state index >= 15 is 0 Å². The average molecular weight is 316 g/mol. The van der Waals surface area contributed by atoms with Crippen LogP contribution in [0.4, 0.5) is 5.69 Å². The summed E-state index contributed by atoms with van der Waals surface area (Å²) in [7, 11) is 1.90. The van der Waals surface area contributed by atoms with E-state index in [9.17, 15) is 5.11 Å². The summed E-state index contributed by atoms with van der Waals surface area (Å²) in [4.78, 5) is 1.96. The van der Waals surface area contributed by atoms with Crippen LogP contribution in [0.1, 0.15) is 18.9 Å². The Bertz CT molecular complexity index is 435. The Kier molecular flexibility index (Phi) is 5.43. The summed E-state index contributed by atoms with van der Waals surface area (Å²) in [6.45, 7) is 2.44. The zero-order chi connectivity index (χ0) is 13.7. The molecule has 0 fully saturated rings. The minimum atomic E-state index is -0.352. The van der Waals surface area contributed by atoms with Gasteiger partial charge in [0.2, 0.25) is 0 Å². The van der Waals surface area contributed by atoms with Gasteiger partial charge in [-0.25, -0.2) is 0 Å². The van der Waals surface area contributed by atoms with Gasteiger partial charge in [-0.05, 0) is 31.5 Å². The molecule has 1 aromatic carbocycles. The Morgan fingerprint density at radius 2 is 2.22 bits per heavy atom. The molecule has 0 bridgehead atoms. The monoisotopic (exact) mass is 315 g/mol. The third-order valence-corrected chi connectivity index (χ3v) is 3.13. The third kappa shape index (κ3) is 3.89. The largest absolute Gasteiger partial charge is 0.409 e. The molecule has 0 saturated heterocycles. The van der Waals surface area contributed by atoms with E-state index in [0.29, 0.717) is 18.5 Å². The quantitative estimate of drug-likeness (QED) is 0.334. The number of amidine groups is 1. The molecule has 0 aliphatic rings. The maximum atomic E-state index is 9.29. The third-order valence-electron chi connectivity index (χ3n) is 2.64. The van der Waals surface area contributed by atoms with E-state index in [1.54, 1.807) is 13.0 Å². The molecule has 1 aromatic rings. The summed E-state index contributed by atoms with van der Waals surface area (Å²) in [6.07, 6.45) is 0.303. The van der Waals surface area contributed by atoms with Crippen molar-refractivity contribution in [1.29, 1.82) is 0 Å². The molecule has 0 saturated carbocycles. The molecule has 4 N–H and O–H groups in total. The van der Waals surface area contributed by atoms with Gasteiger partial charge < -0.3 is 20.9 Å². The van der Waals surface area contributed by atoms with E-state index in [4.69, 9.17) is 10.9 Å². The van der Waals surface area contributed by atoms with Crippen molar-refractivity contribution in [2.45, 2.75) is 19.4 Å². The summed E-state index contributed by atoms with van der Waals surface area (Å²) in [5.41, 5.74) is 7.17. The molecule has 5 nitrogen and oxygen atoms in total. The smallest absolute Gasteiger partial charge is 0.172 e. The second kappa shape index (κ2) is 6.61. The van der Waals surface area contributed by atoms with Gasteiger partial charge in [0, 0.05) is 29.3 Å². The Morgan fingerprint density at radius 3 is 2.78 bits per heavy atom. The summed E-state index contributed by atoms with van der Waals surface area (Å²) < 4.78 is 0.858. The number of nitrogens with two attached hydrogens (primary N) is 1. The summed E-state index contributed by atoms with van der Waals surface area (Å²) in [5, 5.41) is 21.1. The maximum Gasteiger partial charge on any atom is 0.172 e. The number of hydrogen-bond acceptors (Lipinski definition) is 4. The van der Waals surface area contributed by atoms with Crippen molar-refractivity contribution in [3.05, 3.63) is 28.2 Å². The van der Waals surface area contributed by atoms with Gasteiger partial charge in [0.25, 0.3) is 0 Å². The number of anilines is 1. The lowest BCUT2D eigenvalue weighted by Crippen LogP contribution is -2.25. The first-order valence-corrected chi connectivity index (χ1v) is 6.41. The minimum absolute atomic E-state index is 0.0650. The number of rotatable bonds is 5. The summed E-state index contributed by atoms with van der Waals surface area (Å²) in [5.74, 6) is 0.0650. The molecule has 0 radical (unpaired) electrons. The highest BCUT2D eigenvalue weighted by Gasteiger charge is 2.12. The number of hydrogen-bond donors (Lipinski definition) is 3. The van der Waals surface area contributed by atoms with Gasteiger partial charge in [-0.1, -0.05) is 21.1 Å². The van der Waals surface area contributed by atoms with Gasteiger partial charge in [0.1, 0.15) is 0 Å². The molecular weight excluding hydrogens is 298 g/mol. The van der Waals surface area contributed by atoms with Crippen molar-refractivity contribution < 1.29 is 10.3 Å². The lowest BCUT2D eigenvalue weighted by molar-refractivity contribution is 0.187. The number of oxime groups is 1. The first kappa shape index (κ1) is 14.8. The first-order chi connectivity index (χ1) is 8.45. The van der Waals surface area contributed by atoms with Gasteiger partial charge >= 0.3 is 0 Å². The van der Waals surface area contributed by atoms with Gasteiger partial charge in [-0.2, -0.15) is 0 Å². The van der Waals surface area contributed by atoms with Crippen LogP contribution in [0.3, 0.4) is 0 Å². The molecule has 0 spiro atoms. The van der Waals surface area contributed by atoms with Crippen LogP contribution in [0.5, 0.6) is 0 Å². The van der Waals surface area contributed by atoms with Gasteiger partial charge in [0.15, 0.2) is 5.84 Å². The second-order valence-corrected chi connectivity index (χ2v) is 5.12. The van der Waals surface area contributed by atoms with Crippen LogP contribution in [0.15, 0.2) is 27.8 Å². The van der Waals surface area contributed by atoms with Crippen LogP contribution < -0.4 is 10.6 Å². The average Bonchev–Trinajstić information content (AvgIpc) is 2.34. The standard InChI is InChI=1S/C12H18BrN3O2/c1-8(17)5-6-16(2)11-4-3-9(13)7-10(11)12(14)15-18/h3-4,7-8,17-18H,5-6H2,1-2H3,(H2,14,15). The molecule has 0 aliphatic carbocycles. The molecule has 0 heterocycles. The van der Waals surface area contributed by atoms with Gasteiger partial charge in [-0.3, -0.25) is 0 Å². The number of halogens is 1. The van der Waals surface area contributed by atoms with Crippen molar-refractivity contribution >= 4 is 27.5 Å². The fourth-order valence-electron chi connectivity index (χ4n) is 1.60. The van der Waals surface area contributed by atoms with E-state index in [-0.39, 0.29) is 11.9 Å². The molecular formula is C12H18BrN3O2. The Morgan fingerprint density at radius 1 is 1.56 bits per heavy atom. The summed E-state index contributed by atoms with van der Waals surface area (Å²) in [6, 6.07) is 5.57. The van der Waals surface area contributed by atoms with Gasteiger partial charge in [-0.15, -0.1) is 0 Å². The molecule has 6 heteroatoms. The van der Waals surface area contributed by atoms with Crippen LogP contribution in [0, 0.1) is 0 Å². The van der Waals surface area contributed by atoms with Crippen LogP contribution >= 0.6 is 15.9 Å². The zero-order valence-electron chi connectivity index (χ0n) is 10.5. The fourth-order valence-corrected chi connectivity index (χ4v) is 1.96. The Labute approximate surface area is 115 Å². The summed E-state index contributed by atoms with van der Waals surface area (Å²) >= 11 is 3.35. The molecule has 0 aromatic heterocycles. The molecule has 0 aliphatic heterocycles. The topological polar surface area (TPSA) is 82.1 Å². The van der Waals surface area contributed by atoms with Crippen LogP contribution in [0.25, 0.3) is 0 Å². The number of aliphatic hydroxyl groups is 1. The van der Waals surface area contributed by atoms with E-state index in [0.717, 1.165) is 10.2 Å². The van der Waals surface area contributed by atoms with E-state index < -0.39 is 0 Å². The SMILES string of the molecule is CC(O)CCN(C)c1ccc(Br)cc1/C(N)=N/O. The van der Waals surface area contributed by atoms with Crippen molar-refractivity contribution in [2.75, 3.05) is 18.5 Å². The molecule has 100 valence electrons. The van der Waals surface area contributed by atoms with Crippen LogP contribution in [-0.4, -0.2) is 35.8 Å². The molecule has 1 unspecified atom stereocenters. The number of aliphatic hydroxyl groups excluding tert-OH is 1. The normalized spacial score (nSPS) is 13.4.